The van der Waals surface area contributed by atoms with Gasteiger partial charge in [0.1, 0.15) is 0 Å². The lowest BCUT2D eigenvalue weighted by molar-refractivity contribution is 0.111. The Hall–Kier alpha value is -0.820. The molecular weight excluding hydrogens is 254 g/mol. The van der Waals surface area contributed by atoms with Crippen LogP contribution in [-0.4, -0.2) is 5.54 Å². The summed E-state index contributed by atoms with van der Waals surface area (Å²) in [6.07, 6.45) is 12.1. The standard InChI is InChI=1S/C20H31N/c1-2-16-11-13-18(14-12-16)20(21)15-7-6-10-19(20)17-8-4-3-5-9-17/h3-5,8-9,16,18-19H,2,6-7,10-15,21H2,1H3. The molecule has 0 amide bonds. The van der Waals surface area contributed by atoms with Gasteiger partial charge in [-0.15, -0.1) is 0 Å². The van der Waals surface area contributed by atoms with E-state index < -0.39 is 0 Å². The minimum absolute atomic E-state index is 0.0539. The van der Waals surface area contributed by atoms with Crippen LogP contribution in [-0.2, 0) is 0 Å². The maximum absolute atomic E-state index is 7.10. The van der Waals surface area contributed by atoms with Crippen LogP contribution in [0.4, 0.5) is 0 Å². The van der Waals surface area contributed by atoms with Crippen LogP contribution < -0.4 is 5.73 Å². The Morgan fingerprint density at radius 1 is 1.00 bits per heavy atom. The molecule has 2 unspecified atom stereocenters. The molecule has 1 heteroatoms. The molecule has 0 aromatic heterocycles. The van der Waals surface area contributed by atoms with Crippen LogP contribution in [0.1, 0.15) is 76.2 Å². The first-order valence-corrected chi connectivity index (χ1v) is 9.08. The van der Waals surface area contributed by atoms with Gasteiger partial charge in [-0.3, -0.25) is 0 Å². The average Bonchev–Trinajstić information content (AvgIpc) is 2.56. The second kappa shape index (κ2) is 6.52. The molecule has 0 heterocycles. The van der Waals surface area contributed by atoms with Crippen molar-refractivity contribution in [3.63, 3.8) is 0 Å². The summed E-state index contributed by atoms with van der Waals surface area (Å²) in [7, 11) is 0. The summed E-state index contributed by atoms with van der Waals surface area (Å²) in [6.45, 7) is 2.34. The van der Waals surface area contributed by atoms with Gasteiger partial charge in [-0.1, -0.05) is 69.4 Å². The third-order valence-electron chi connectivity index (χ3n) is 6.39. The fraction of sp³-hybridized carbons (Fsp3) is 0.700. The summed E-state index contributed by atoms with van der Waals surface area (Å²) in [5.74, 6) is 2.28. The lowest BCUT2D eigenvalue weighted by Crippen LogP contribution is -2.54. The normalized spacial score (nSPS) is 37.3. The van der Waals surface area contributed by atoms with Gasteiger partial charge < -0.3 is 5.73 Å². The predicted octanol–water partition coefficient (Wildman–Crippen LogP) is 5.26. The van der Waals surface area contributed by atoms with Crippen molar-refractivity contribution in [2.24, 2.45) is 17.6 Å². The van der Waals surface area contributed by atoms with E-state index in [1.807, 2.05) is 0 Å². The number of hydrogen-bond donors (Lipinski definition) is 1. The lowest BCUT2D eigenvalue weighted by Gasteiger charge is -2.49. The number of hydrogen-bond acceptors (Lipinski definition) is 1. The maximum Gasteiger partial charge on any atom is 0.0252 e. The first kappa shape index (κ1) is 15.1. The van der Waals surface area contributed by atoms with Crippen LogP contribution in [0.3, 0.4) is 0 Å². The molecule has 0 aliphatic heterocycles. The van der Waals surface area contributed by atoms with Gasteiger partial charge in [-0.2, -0.15) is 0 Å². The highest BCUT2D eigenvalue weighted by Gasteiger charge is 2.44. The Morgan fingerprint density at radius 3 is 2.38 bits per heavy atom. The van der Waals surface area contributed by atoms with Crippen LogP contribution >= 0.6 is 0 Å². The molecule has 2 fully saturated rings. The molecule has 2 aliphatic rings. The fourth-order valence-corrected chi connectivity index (χ4v) is 4.98. The smallest absolute Gasteiger partial charge is 0.0252 e. The Kier molecular flexibility index (Phi) is 4.69. The third kappa shape index (κ3) is 3.04. The number of nitrogens with two attached hydrogens (primary N) is 1. The molecule has 0 bridgehead atoms. The third-order valence-corrected chi connectivity index (χ3v) is 6.39. The summed E-state index contributed by atoms with van der Waals surface area (Å²) < 4.78 is 0. The zero-order chi connectivity index (χ0) is 14.7. The monoisotopic (exact) mass is 285 g/mol. The highest BCUT2D eigenvalue weighted by atomic mass is 14.8. The average molecular weight is 285 g/mol. The van der Waals surface area contributed by atoms with E-state index in [0.29, 0.717) is 5.92 Å². The molecule has 2 saturated carbocycles. The van der Waals surface area contributed by atoms with Crippen LogP contribution in [0.5, 0.6) is 0 Å². The summed E-state index contributed by atoms with van der Waals surface area (Å²) in [5, 5.41) is 0. The first-order valence-electron chi connectivity index (χ1n) is 9.08. The van der Waals surface area contributed by atoms with Gasteiger partial charge in [0.25, 0.3) is 0 Å². The van der Waals surface area contributed by atoms with E-state index in [1.54, 1.807) is 0 Å². The molecule has 3 rings (SSSR count). The van der Waals surface area contributed by atoms with Crippen LogP contribution in [0, 0.1) is 11.8 Å². The maximum atomic E-state index is 7.10. The number of rotatable bonds is 3. The summed E-state index contributed by atoms with van der Waals surface area (Å²) in [5.41, 5.74) is 8.63. The highest BCUT2D eigenvalue weighted by Crippen LogP contribution is 2.48. The summed E-state index contributed by atoms with van der Waals surface area (Å²) in [4.78, 5) is 0. The summed E-state index contributed by atoms with van der Waals surface area (Å²) in [6, 6.07) is 11.1. The van der Waals surface area contributed by atoms with E-state index in [-0.39, 0.29) is 5.54 Å². The Bertz CT molecular complexity index is 432. The SMILES string of the molecule is CCC1CCC(C2(N)CCCCC2c2ccccc2)CC1. The second-order valence-corrected chi connectivity index (χ2v) is 7.45. The van der Waals surface area contributed by atoms with Crippen molar-refractivity contribution in [1.82, 2.24) is 0 Å². The molecule has 21 heavy (non-hydrogen) atoms. The molecule has 1 nitrogen and oxygen atoms in total. The number of benzene rings is 1. The topological polar surface area (TPSA) is 26.0 Å². The molecule has 2 aliphatic carbocycles. The van der Waals surface area contributed by atoms with Crippen molar-refractivity contribution in [2.75, 3.05) is 0 Å². The molecule has 0 saturated heterocycles. The molecule has 0 spiro atoms. The fourth-order valence-electron chi connectivity index (χ4n) is 4.98. The van der Waals surface area contributed by atoms with Crippen LogP contribution in [0.25, 0.3) is 0 Å². The van der Waals surface area contributed by atoms with Gasteiger partial charge in [-0.05, 0) is 43.1 Å². The van der Waals surface area contributed by atoms with E-state index in [0.717, 1.165) is 11.8 Å². The minimum Gasteiger partial charge on any atom is -0.324 e. The van der Waals surface area contributed by atoms with Crippen molar-refractivity contribution in [3.8, 4) is 0 Å². The quantitative estimate of drug-likeness (QED) is 0.805. The van der Waals surface area contributed by atoms with Gasteiger partial charge in [0, 0.05) is 11.5 Å². The van der Waals surface area contributed by atoms with Crippen molar-refractivity contribution >= 4 is 0 Å². The first-order chi connectivity index (χ1) is 10.2. The van der Waals surface area contributed by atoms with E-state index >= 15 is 0 Å². The van der Waals surface area contributed by atoms with E-state index in [4.69, 9.17) is 5.73 Å². The van der Waals surface area contributed by atoms with Crippen molar-refractivity contribution in [2.45, 2.75) is 76.2 Å². The van der Waals surface area contributed by atoms with Crippen molar-refractivity contribution in [1.29, 1.82) is 0 Å². The van der Waals surface area contributed by atoms with Gasteiger partial charge in [0.05, 0.1) is 0 Å². The van der Waals surface area contributed by atoms with E-state index in [1.165, 1.54) is 63.4 Å². The molecule has 0 radical (unpaired) electrons. The molecular formula is C20H31N. The van der Waals surface area contributed by atoms with Crippen molar-refractivity contribution < 1.29 is 0 Å². The Labute approximate surface area is 130 Å². The summed E-state index contributed by atoms with van der Waals surface area (Å²) >= 11 is 0. The molecule has 116 valence electrons. The minimum atomic E-state index is 0.0539. The molecule has 1 aromatic rings. The molecule has 1 aromatic carbocycles. The largest absolute Gasteiger partial charge is 0.324 e. The molecule has 2 N–H and O–H groups in total. The second-order valence-electron chi connectivity index (χ2n) is 7.45. The zero-order valence-corrected chi connectivity index (χ0v) is 13.6. The van der Waals surface area contributed by atoms with Crippen LogP contribution in [0.15, 0.2) is 30.3 Å². The Balaban J connectivity index is 1.79. The van der Waals surface area contributed by atoms with E-state index in [2.05, 4.69) is 37.3 Å². The lowest BCUT2D eigenvalue weighted by atomic mass is 9.60. The zero-order valence-electron chi connectivity index (χ0n) is 13.6. The highest BCUT2D eigenvalue weighted by molar-refractivity contribution is 5.25. The molecule has 2 atom stereocenters. The van der Waals surface area contributed by atoms with Crippen LogP contribution in [0.2, 0.25) is 0 Å². The predicted molar refractivity (Wildman–Crippen MR) is 90.3 cm³/mol. The Morgan fingerprint density at radius 2 is 1.71 bits per heavy atom. The van der Waals surface area contributed by atoms with Gasteiger partial charge in [0.2, 0.25) is 0 Å². The van der Waals surface area contributed by atoms with Gasteiger partial charge in [-0.25, -0.2) is 0 Å². The van der Waals surface area contributed by atoms with Crippen molar-refractivity contribution in [3.05, 3.63) is 35.9 Å². The van der Waals surface area contributed by atoms with Gasteiger partial charge >= 0.3 is 0 Å². The van der Waals surface area contributed by atoms with E-state index in [9.17, 15) is 0 Å². The van der Waals surface area contributed by atoms with Gasteiger partial charge in [0.15, 0.2) is 0 Å².